The highest BCUT2D eigenvalue weighted by Gasteiger charge is 2.33. The van der Waals surface area contributed by atoms with Crippen LogP contribution in [0.5, 0.6) is 0 Å². The average molecular weight is 352 g/mol. The first-order valence-electron chi connectivity index (χ1n) is 9.25. The maximum absolute atomic E-state index is 12.2. The zero-order valence-corrected chi connectivity index (χ0v) is 14.7. The van der Waals surface area contributed by atoms with Gasteiger partial charge in [-0.3, -0.25) is 4.79 Å². The molecule has 1 amide bonds. The number of benzene rings is 1. The fourth-order valence-electron chi connectivity index (χ4n) is 3.74. The summed E-state index contributed by atoms with van der Waals surface area (Å²) in [5.74, 6) is 1.34. The van der Waals surface area contributed by atoms with Gasteiger partial charge in [0.2, 0.25) is 5.91 Å². The molecule has 2 aromatic rings. The highest BCUT2D eigenvalue weighted by Crippen LogP contribution is 2.36. The Bertz CT molecular complexity index is 761. The average Bonchev–Trinajstić information content (AvgIpc) is 3.05. The van der Waals surface area contributed by atoms with E-state index in [1.807, 2.05) is 36.4 Å². The number of carbonyl (C=O) groups excluding carboxylic acids is 1. The van der Waals surface area contributed by atoms with Crippen molar-refractivity contribution in [1.29, 1.82) is 0 Å². The summed E-state index contributed by atoms with van der Waals surface area (Å²) in [7, 11) is 0. The minimum absolute atomic E-state index is 0.0779. The van der Waals surface area contributed by atoms with Crippen LogP contribution in [0.1, 0.15) is 36.4 Å². The topological polar surface area (TPSA) is 78.4 Å². The lowest BCUT2D eigenvalue weighted by Gasteiger charge is -2.35. The summed E-state index contributed by atoms with van der Waals surface area (Å²) in [6.07, 6.45) is 4.40. The van der Waals surface area contributed by atoms with Gasteiger partial charge in [-0.25, -0.2) is 9.97 Å². The molecule has 1 aliphatic heterocycles. The number of carbonyl (C=O) groups is 1. The minimum Gasteiger partial charge on any atom is -0.391 e. The molecule has 2 heterocycles. The van der Waals surface area contributed by atoms with Crippen LogP contribution in [-0.4, -0.2) is 46.2 Å². The summed E-state index contributed by atoms with van der Waals surface area (Å²) in [6.45, 7) is 1.47. The zero-order valence-electron chi connectivity index (χ0n) is 14.7. The summed E-state index contributed by atoms with van der Waals surface area (Å²) in [6, 6.07) is 12.1. The van der Waals surface area contributed by atoms with Gasteiger partial charge in [0.15, 0.2) is 0 Å². The molecular formula is C20H24N4O2. The first-order valence-corrected chi connectivity index (χ1v) is 9.25. The van der Waals surface area contributed by atoms with E-state index in [9.17, 15) is 9.90 Å². The Balaban J connectivity index is 1.29. The molecule has 26 heavy (non-hydrogen) atoms. The zero-order chi connectivity index (χ0) is 17.9. The second-order valence-corrected chi connectivity index (χ2v) is 7.28. The minimum atomic E-state index is -0.263. The van der Waals surface area contributed by atoms with Crippen molar-refractivity contribution in [2.75, 3.05) is 18.0 Å². The van der Waals surface area contributed by atoms with Gasteiger partial charge in [0.25, 0.3) is 0 Å². The van der Waals surface area contributed by atoms with Crippen molar-refractivity contribution in [1.82, 2.24) is 15.3 Å². The van der Waals surface area contributed by atoms with Crippen LogP contribution in [0, 0.1) is 0 Å². The number of hydrogen-bond acceptors (Lipinski definition) is 5. The summed E-state index contributed by atoms with van der Waals surface area (Å²) in [4.78, 5) is 23.0. The molecule has 2 N–H and O–H groups in total. The summed E-state index contributed by atoms with van der Waals surface area (Å²) in [5.41, 5.74) is 2.07. The van der Waals surface area contributed by atoms with E-state index in [4.69, 9.17) is 0 Å². The van der Waals surface area contributed by atoms with Gasteiger partial charge in [0.05, 0.1) is 12.5 Å². The predicted octanol–water partition coefficient (Wildman–Crippen LogP) is 1.65. The largest absolute Gasteiger partial charge is 0.391 e. The van der Waals surface area contributed by atoms with Crippen LogP contribution in [-0.2, 0) is 11.2 Å². The number of nitrogens with one attached hydrogen (secondary N) is 1. The Labute approximate surface area is 153 Å². The Morgan fingerprint density at radius 1 is 1.23 bits per heavy atom. The molecule has 1 aromatic carbocycles. The molecule has 136 valence electrons. The molecule has 1 aromatic heterocycles. The van der Waals surface area contributed by atoms with Crippen molar-refractivity contribution in [2.24, 2.45) is 0 Å². The van der Waals surface area contributed by atoms with E-state index < -0.39 is 0 Å². The van der Waals surface area contributed by atoms with Gasteiger partial charge in [-0.1, -0.05) is 30.3 Å². The predicted molar refractivity (Wildman–Crippen MR) is 98.9 cm³/mol. The number of nitrogens with zero attached hydrogens (tertiary/aromatic N) is 3. The van der Waals surface area contributed by atoms with Gasteiger partial charge in [0, 0.05) is 36.8 Å². The number of aromatic nitrogens is 2. The lowest BCUT2D eigenvalue weighted by atomic mass is 9.78. The van der Waals surface area contributed by atoms with Gasteiger partial charge in [-0.15, -0.1) is 0 Å². The monoisotopic (exact) mass is 352 g/mol. The van der Waals surface area contributed by atoms with E-state index in [0.717, 1.165) is 42.9 Å². The number of aliphatic hydroxyl groups excluding tert-OH is 1. The molecule has 2 aliphatic rings. The molecule has 6 nitrogen and oxygen atoms in total. The first kappa shape index (κ1) is 17.0. The number of amides is 1. The smallest absolute Gasteiger partial charge is 0.224 e. The van der Waals surface area contributed by atoms with Crippen molar-refractivity contribution in [3.05, 3.63) is 54.0 Å². The molecule has 6 heteroatoms. The van der Waals surface area contributed by atoms with Gasteiger partial charge in [0.1, 0.15) is 12.1 Å². The van der Waals surface area contributed by atoms with Crippen molar-refractivity contribution in [3.63, 3.8) is 0 Å². The number of rotatable bonds is 5. The maximum Gasteiger partial charge on any atom is 0.224 e. The number of hydrogen-bond donors (Lipinski definition) is 2. The summed E-state index contributed by atoms with van der Waals surface area (Å²) in [5, 5.41) is 12.8. The van der Waals surface area contributed by atoms with Gasteiger partial charge >= 0.3 is 0 Å². The van der Waals surface area contributed by atoms with Crippen molar-refractivity contribution in [3.8, 4) is 0 Å². The second-order valence-electron chi connectivity index (χ2n) is 7.28. The normalized spacial score (nSPS) is 25.0. The summed E-state index contributed by atoms with van der Waals surface area (Å²) < 4.78 is 0. The Morgan fingerprint density at radius 2 is 2.04 bits per heavy atom. The molecule has 0 spiro atoms. The van der Waals surface area contributed by atoms with E-state index in [2.05, 4.69) is 20.2 Å². The Morgan fingerprint density at radius 3 is 2.77 bits per heavy atom. The number of β-amino-alcohol motifs (C(OH)–C–C–N with tert-alkyl or cyclic N) is 1. The Kier molecular flexibility index (Phi) is 4.84. The van der Waals surface area contributed by atoms with Crippen LogP contribution in [0.4, 0.5) is 5.82 Å². The van der Waals surface area contributed by atoms with Crippen LogP contribution < -0.4 is 10.2 Å². The molecular weight excluding hydrogens is 328 g/mol. The van der Waals surface area contributed by atoms with E-state index >= 15 is 0 Å². The van der Waals surface area contributed by atoms with E-state index in [-0.39, 0.29) is 18.1 Å². The van der Waals surface area contributed by atoms with Crippen molar-refractivity contribution >= 4 is 11.7 Å². The van der Waals surface area contributed by atoms with Gasteiger partial charge in [-0.05, 0) is 24.8 Å². The molecule has 1 aliphatic carbocycles. The van der Waals surface area contributed by atoms with Crippen molar-refractivity contribution in [2.45, 2.75) is 43.7 Å². The molecule has 0 bridgehead atoms. The third-order valence-corrected chi connectivity index (χ3v) is 5.29. The lowest BCUT2D eigenvalue weighted by Crippen LogP contribution is -2.44. The number of aliphatic hydroxyl groups is 1. The number of anilines is 1. The van der Waals surface area contributed by atoms with Crippen LogP contribution in [0.25, 0.3) is 0 Å². The maximum atomic E-state index is 12.2. The van der Waals surface area contributed by atoms with E-state index in [1.165, 1.54) is 0 Å². The molecule has 1 saturated heterocycles. The molecule has 0 radical (unpaired) electrons. The second kappa shape index (κ2) is 7.41. The third-order valence-electron chi connectivity index (χ3n) is 5.29. The molecule has 2 fully saturated rings. The van der Waals surface area contributed by atoms with Crippen LogP contribution in [0.2, 0.25) is 0 Å². The van der Waals surface area contributed by atoms with Gasteiger partial charge < -0.3 is 15.3 Å². The highest BCUT2D eigenvalue weighted by atomic mass is 16.3. The molecule has 1 saturated carbocycles. The van der Waals surface area contributed by atoms with Crippen LogP contribution in [0.3, 0.4) is 0 Å². The van der Waals surface area contributed by atoms with Crippen LogP contribution in [0.15, 0.2) is 42.7 Å². The molecule has 1 atom stereocenters. The van der Waals surface area contributed by atoms with E-state index in [1.54, 1.807) is 6.33 Å². The summed E-state index contributed by atoms with van der Waals surface area (Å²) >= 11 is 0. The van der Waals surface area contributed by atoms with Crippen molar-refractivity contribution < 1.29 is 9.90 Å². The first-order chi connectivity index (χ1) is 12.7. The Hall–Kier alpha value is -2.47. The third kappa shape index (κ3) is 3.85. The highest BCUT2D eigenvalue weighted by molar-refractivity contribution is 5.79. The standard InChI is InChI=1S/C20H24N4O2/c25-17-6-7-24(12-17)19-11-18(21-13-22-19)15-9-16(10-15)23-20(26)8-14-4-2-1-3-5-14/h1-5,11,13,15-17,25H,6-10,12H2,(H,23,26)/t15?,16?,17-/m1/s1. The van der Waals surface area contributed by atoms with Crippen LogP contribution >= 0.6 is 0 Å². The SMILES string of the molecule is O=C(Cc1ccccc1)NC1CC(c2cc(N3CC[C@@H](O)C3)ncn2)C1. The fraction of sp³-hybridized carbons (Fsp3) is 0.450. The molecule has 4 rings (SSSR count). The molecule has 0 unspecified atom stereocenters. The lowest BCUT2D eigenvalue weighted by molar-refractivity contribution is -0.121. The van der Waals surface area contributed by atoms with Gasteiger partial charge in [-0.2, -0.15) is 0 Å². The fourth-order valence-corrected chi connectivity index (χ4v) is 3.74. The quantitative estimate of drug-likeness (QED) is 0.856. The van der Waals surface area contributed by atoms with E-state index in [0.29, 0.717) is 18.9 Å².